The van der Waals surface area contributed by atoms with Crippen LogP contribution in [-0.4, -0.2) is 17.0 Å². The minimum absolute atomic E-state index is 0.0770. The predicted molar refractivity (Wildman–Crippen MR) is 78.9 cm³/mol. The van der Waals surface area contributed by atoms with Crippen molar-refractivity contribution >= 4 is 17.6 Å². The normalized spacial score (nSPS) is 9.76. The molecule has 0 spiro atoms. The molecule has 3 amide bonds. The van der Waals surface area contributed by atoms with Crippen LogP contribution in [-0.2, 0) is 0 Å². The minimum Gasteiger partial charge on any atom is -0.507 e. The summed E-state index contributed by atoms with van der Waals surface area (Å²) in [6.45, 7) is 1.94. The van der Waals surface area contributed by atoms with Crippen LogP contribution in [0.25, 0.3) is 0 Å². The van der Waals surface area contributed by atoms with Gasteiger partial charge in [0, 0.05) is 5.69 Å². The summed E-state index contributed by atoms with van der Waals surface area (Å²) in [6, 6.07) is 12.7. The summed E-state index contributed by atoms with van der Waals surface area (Å²) in [4.78, 5) is 23.4. The standard InChI is InChI=1S/C15H15N3O3/c1-10-6-8-11(9-7-10)16-15(21)18-17-14(20)12-4-2-3-5-13(12)19/h2-9,19H,1H3,(H,17,20)(H2,16,18,21). The van der Waals surface area contributed by atoms with Crippen molar-refractivity contribution in [1.82, 2.24) is 10.9 Å². The summed E-state index contributed by atoms with van der Waals surface area (Å²) >= 11 is 0. The molecule has 0 fully saturated rings. The highest BCUT2D eigenvalue weighted by Gasteiger charge is 2.10. The summed E-state index contributed by atoms with van der Waals surface area (Å²) in [5.41, 5.74) is 6.18. The molecule has 0 radical (unpaired) electrons. The zero-order valence-electron chi connectivity index (χ0n) is 11.4. The van der Waals surface area contributed by atoms with Crippen molar-refractivity contribution in [3.63, 3.8) is 0 Å². The maximum absolute atomic E-state index is 11.8. The van der Waals surface area contributed by atoms with Crippen molar-refractivity contribution < 1.29 is 14.7 Å². The van der Waals surface area contributed by atoms with Gasteiger partial charge in [0.2, 0.25) is 0 Å². The first-order chi connectivity index (χ1) is 10.1. The van der Waals surface area contributed by atoms with E-state index in [1.54, 1.807) is 24.3 Å². The van der Waals surface area contributed by atoms with E-state index in [-0.39, 0.29) is 11.3 Å². The largest absolute Gasteiger partial charge is 0.507 e. The van der Waals surface area contributed by atoms with E-state index < -0.39 is 11.9 Å². The van der Waals surface area contributed by atoms with Crippen LogP contribution in [0.3, 0.4) is 0 Å². The second-order valence-electron chi connectivity index (χ2n) is 4.42. The van der Waals surface area contributed by atoms with Crippen molar-refractivity contribution in [2.75, 3.05) is 5.32 Å². The first-order valence-corrected chi connectivity index (χ1v) is 6.28. The van der Waals surface area contributed by atoms with E-state index in [9.17, 15) is 14.7 Å². The first-order valence-electron chi connectivity index (χ1n) is 6.28. The number of aryl methyl sites for hydroxylation is 1. The van der Waals surface area contributed by atoms with Gasteiger partial charge in [0.05, 0.1) is 5.56 Å². The zero-order valence-corrected chi connectivity index (χ0v) is 11.4. The van der Waals surface area contributed by atoms with Gasteiger partial charge in [0.25, 0.3) is 5.91 Å². The molecule has 6 nitrogen and oxygen atoms in total. The van der Waals surface area contributed by atoms with E-state index in [0.717, 1.165) is 5.56 Å². The van der Waals surface area contributed by atoms with Gasteiger partial charge in [0.1, 0.15) is 5.75 Å². The Labute approximate surface area is 121 Å². The lowest BCUT2D eigenvalue weighted by Gasteiger charge is -2.09. The Kier molecular flexibility index (Phi) is 4.40. The Morgan fingerprint density at radius 1 is 0.952 bits per heavy atom. The van der Waals surface area contributed by atoms with Crippen LogP contribution in [0.2, 0.25) is 0 Å². The van der Waals surface area contributed by atoms with Gasteiger partial charge in [-0.05, 0) is 31.2 Å². The zero-order chi connectivity index (χ0) is 15.2. The number of hydrogen-bond acceptors (Lipinski definition) is 3. The number of carbonyl (C=O) groups is 2. The van der Waals surface area contributed by atoms with Gasteiger partial charge in [-0.3, -0.25) is 10.2 Å². The molecule has 2 aromatic rings. The monoisotopic (exact) mass is 285 g/mol. The van der Waals surface area contributed by atoms with Crippen molar-refractivity contribution in [1.29, 1.82) is 0 Å². The molecule has 2 aromatic carbocycles. The molecule has 0 aliphatic rings. The van der Waals surface area contributed by atoms with E-state index >= 15 is 0 Å². The SMILES string of the molecule is Cc1ccc(NC(=O)NNC(=O)c2ccccc2O)cc1. The van der Waals surface area contributed by atoms with Crippen molar-refractivity contribution in [3.05, 3.63) is 59.7 Å². The topological polar surface area (TPSA) is 90.5 Å². The van der Waals surface area contributed by atoms with Crippen molar-refractivity contribution in [3.8, 4) is 5.75 Å². The molecule has 0 aromatic heterocycles. The van der Waals surface area contributed by atoms with Crippen molar-refractivity contribution in [2.45, 2.75) is 6.92 Å². The Bertz CT molecular complexity index is 653. The number of amides is 3. The molecule has 4 N–H and O–H groups in total. The number of hydrazine groups is 1. The lowest BCUT2D eigenvalue weighted by Crippen LogP contribution is -2.43. The molecular weight excluding hydrogens is 270 g/mol. The van der Waals surface area contributed by atoms with Crippen molar-refractivity contribution in [2.24, 2.45) is 0 Å². The Morgan fingerprint density at radius 3 is 2.29 bits per heavy atom. The lowest BCUT2D eigenvalue weighted by atomic mass is 10.2. The highest BCUT2D eigenvalue weighted by Crippen LogP contribution is 2.14. The second-order valence-corrected chi connectivity index (χ2v) is 4.42. The molecule has 0 aliphatic carbocycles. The number of nitrogens with one attached hydrogen (secondary N) is 3. The molecule has 0 unspecified atom stereocenters. The van der Waals surface area contributed by atoms with Crippen LogP contribution in [0.15, 0.2) is 48.5 Å². The summed E-state index contributed by atoms with van der Waals surface area (Å²) in [6.07, 6.45) is 0. The van der Waals surface area contributed by atoms with E-state index in [1.807, 2.05) is 19.1 Å². The van der Waals surface area contributed by atoms with Gasteiger partial charge in [0.15, 0.2) is 0 Å². The summed E-state index contributed by atoms with van der Waals surface area (Å²) in [5.74, 6) is -0.761. The fourth-order valence-corrected chi connectivity index (χ4v) is 1.65. The number of benzene rings is 2. The number of urea groups is 1. The molecule has 6 heteroatoms. The molecule has 0 bridgehead atoms. The maximum atomic E-state index is 11.8. The number of carbonyl (C=O) groups excluding carboxylic acids is 2. The third-order valence-corrected chi connectivity index (χ3v) is 2.75. The number of para-hydroxylation sites is 1. The minimum atomic E-state index is -0.604. The Hall–Kier alpha value is -3.02. The molecule has 0 saturated heterocycles. The average molecular weight is 285 g/mol. The average Bonchev–Trinajstić information content (AvgIpc) is 2.48. The smallest absolute Gasteiger partial charge is 0.337 e. The van der Waals surface area contributed by atoms with Crippen LogP contribution in [0, 0.1) is 6.92 Å². The van der Waals surface area contributed by atoms with Gasteiger partial charge >= 0.3 is 6.03 Å². The third-order valence-electron chi connectivity index (χ3n) is 2.75. The van der Waals surface area contributed by atoms with E-state index in [2.05, 4.69) is 16.2 Å². The molecule has 108 valence electrons. The summed E-state index contributed by atoms with van der Waals surface area (Å²) in [7, 11) is 0. The number of phenolic OH excluding ortho intramolecular Hbond substituents is 1. The van der Waals surface area contributed by atoms with Gasteiger partial charge < -0.3 is 10.4 Å². The molecule has 0 atom stereocenters. The quantitative estimate of drug-likeness (QED) is 0.637. The second kappa shape index (κ2) is 6.42. The Balaban J connectivity index is 1.88. The van der Waals surface area contributed by atoms with E-state index in [4.69, 9.17) is 0 Å². The number of anilines is 1. The van der Waals surface area contributed by atoms with Gasteiger partial charge in [-0.25, -0.2) is 10.2 Å². The van der Waals surface area contributed by atoms with Crippen LogP contribution < -0.4 is 16.2 Å². The van der Waals surface area contributed by atoms with E-state index in [0.29, 0.717) is 5.69 Å². The molecular formula is C15H15N3O3. The van der Waals surface area contributed by atoms with Crippen LogP contribution >= 0.6 is 0 Å². The Morgan fingerprint density at radius 2 is 1.62 bits per heavy atom. The molecule has 0 aliphatic heterocycles. The van der Waals surface area contributed by atoms with Gasteiger partial charge in [-0.1, -0.05) is 29.8 Å². The maximum Gasteiger partial charge on any atom is 0.337 e. The molecule has 2 rings (SSSR count). The third kappa shape index (κ3) is 3.97. The van der Waals surface area contributed by atoms with Crippen LogP contribution in [0.5, 0.6) is 5.75 Å². The molecule has 21 heavy (non-hydrogen) atoms. The highest BCUT2D eigenvalue weighted by molar-refractivity contribution is 5.98. The number of rotatable bonds is 2. The number of phenols is 1. The molecule has 0 heterocycles. The predicted octanol–water partition coefficient (Wildman–Crippen LogP) is 2.17. The number of hydrogen-bond donors (Lipinski definition) is 4. The van der Waals surface area contributed by atoms with E-state index in [1.165, 1.54) is 12.1 Å². The summed E-state index contributed by atoms with van der Waals surface area (Å²) < 4.78 is 0. The number of aromatic hydroxyl groups is 1. The lowest BCUT2D eigenvalue weighted by molar-refractivity contribution is 0.0935. The fourth-order valence-electron chi connectivity index (χ4n) is 1.65. The van der Waals surface area contributed by atoms with Gasteiger partial charge in [-0.2, -0.15) is 0 Å². The fraction of sp³-hybridized carbons (Fsp3) is 0.0667. The first kappa shape index (κ1) is 14.4. The van der Waals surface area contributed by atoms with Crippen LogP contribution in [0.1, 0.15) is 15.9 Å². The summed E-state index contributed by atoms with van der Waals surface area (Å²) in [5, 5.41) is 12.1. The van der Waals surface area contributed by atoms with Crippen LogP contribution in [0.4, 0.5) is 10.5 Å². The highest BCUT2D eigenvalue weighted by atomic mass is 16.3. The molecule has 0 saturated carbocycles. The van der Waals surface area contributed by atoms with Gasteiger partial charge in [-0.15, -0.1) is 0 Å².